The highest BCUT2D eigenvalue weighted by molar-refractivity contribution is 6.35. The molecule has 1 aromatic rings. The number of amides is 1. The van der Waals surface area contributed by atoms with Crippen molar-refractivity contribution in [2.24, 2.45) is 0 Å². The highest BCUT2D eigenvalue weighted by Gasteiger charge is 2.20. The number of benzene rings is 1. The quantitative estimate of drug-likeness (QED) is 0.876. The van der Waals surface area contributed by atoms with Gasteiger partial charge in [-0.3, -0.25) is 4.79 Å². The molecule has 0 aliphatic rings. The van der Waals surface area contributed by atoms with Gasteiger partial charge in [-0.1, -0.05) is 36.5 Å². The van der Waals surface area contributed by atoms with E-state index < -0.39 is 17.9 Å². The predicted molar refractivity (Wildman–Crippen MR) is 70.3 cm³/mol. The smallest absolute Gasteiger partial charge is 0.326 e. The van der Waals surface area contributed by atoms with Gasteiger partial charge in [-0.2, -0.15) is 0 Å². The van der Waals surface area contributed by atoms with E-state index in [1.807, 2.05) is 6.92 Å². The van der Waals surface area contributed by atoms with Crippen LogP contribution in [0.25, 0.3) is 0 Å². The summed E-state index contributed by atoms with van der Waals surface area (Å²) in [5.41, 5.74) is 0.173. The Morgan fingerprint density at radius 2 is 2.06 bits per heavy atom. The summed E-state index contributed by atoms with van der Waals surface area (Å²) in [6, 6.07) is 3.54. The van der Waals surface area contributed by atoms with E-state index in [4.69, 9.17) is 28.3 Å². The molecule has 0 saturated heterocycles. The van der Waals surface area contributed by atoms with Gasteiger partial charge in [0.1, 0.15) is 6.04 Å². The second kappa shape index (κ2) is 6.61. The van der Waals surface area contributed by atoms with Crippen molar-refractivity contribution in [3.05, 3.63) is 33.8 Å². The summed E-state index contributed by atoms with van der Waals surface area (Å²) >= 11 is 11.6. The normalized spacial score (nSPS) is 11.9. The number of carbonyl (C=O) groups is 2. The summed E-state index contributed by atoms with van der Waals surface area (Å²) in [6.07, 6.45) is 1.01. The first-order valence-corrected chi connectivity index (χ1v) is 6.20. The fraction of sp³-hybridized carbons (Fsp3) is 0.333. The number of nitrogens with one attached hydrogen (secondary N) is 1. The minimum Gasteiger partial charge on any atom is -0.480 e. The highest BCUT2D eigenvalue weighted by Crippen LogP contribution is 2.20. The summed E-state index contributed by atoms with van der Waals surface area (Å²) < 4.78 is 0. The number of hydrogen-bond donors (Lipinski definition) is 2. The van der Waals surface area contributed by atoms with Crippen LogP contribution in [-0.2, 0) is 4.79 Å². The monoisotopic (exact) mass is 289 g/mol. The van der Waals surface area contributed by atoms with Crippen LogP contribution in [0.15, 0.2) is 18.2 Å². The highest BCUT2D eigenvalue weighted by atomic mass is 35.5. The van der Waals surface area contributed by atoms with Crippen LogP contribution < -0.4 is 5.32 Å². The molecule has 0 aromatic heterocycles. The van der Waals surface area contributed by atoms with Gasteiger partial charge < -0.3 is 10.4 Å². The Kier molecular flexibility index (Phi) is 5.44. The van der Waals surface area contributed by atoms with Crippen molar-refractivity contribution in [3.8, 4) is 0 Å². The Morgan fingerprint density at radius 1 is 1.39 bits per heavy atom. The number of carboxylic acids is 1. The van der Waals surface area contributed by atoms with Gasteiger partial charge in [0.25, 0.3) is 5.91 Å². The van der Waals surface area contributed by atoms with E-state index in [0.29, 0.717) is 17.9 Å². The van der Waals surface area contributed by atoms with E-state index >= 15 is 0 Å². The third kappa shape index (κ3) is 3.89. The molecule has 0 fully saturated rings. The van der Waals surface area contributed by atoms with Crippen molar-refractivity contribution in [1.82, 2.24) is 5.32 Å². The zero-order valence-electron chi connectivity index (χ0n) is 9.74. The van der Waals surface area contributed by atoms with Crippen LogP contribution in [0.2, 0.25) is 10.0 Å². The molecule has 1 aromatic carbocycles. The van der Waals surface area contributed by atoms with Gasteiger partial charge >= 0.3 is 5.97 Å². The molecule has 0 radical (unpaired) electrons. The lowest BCUT2D eigenvalue weighted by Gasteiger charge is -2.14. The van der Waals surface area contributed by atoms with E-state index in [2.05, 4.69) is 5.32 Å². The SMILES string of the molecule is CCC[C@@H](NC(=O)c1cc(Cl)ccc1Cl)C(=O)O. The van der Waals surface area contributed by atoms with Crippen LogP contribution in [0, 0.1) is 0 Å². The molecule has 0 saturated carbocycles. The molecular formula is C12H13Cl2NO3. The Bertz CT molecular complexity index is 463. The lowest BCUT2D eigenvalue weighted by atomic mass is 10.1. The van der Waals surface area contributed by atoms with E-state index in [1.165, 1.54) is 12.1 Å². The zero-order chi connectivity index (χ0) is 13.7. The summed E-state index contributed by atoms with van der Waals surface area (Å²) in [4.78, 5) is 22.8. The minimum atomic E-state index is -1.07. The number of rotatable bonds is 5. The Balaban J connectivity index is 2.86. The molecule has 18 heavy (non-hydrogen) atoms. The van der Waals surface area contributed by atoms with Gasteiger partial charge in [0, 0.05) is 5.02 Å². The van der Waals surface area contributed by atoms with E-state index in [9.17, 15) is 9.59 Å². The number of carboxylic acid groups (broad SMARTS) is 1. The van der Waals surface area contributed by atoms with Gasteiger partial charge in [-0.15, -0.1) is 0 Å². The van der Waals surface area contributed by atoms with Crippen LogP contribution in [0.3, 0.4) is 0 Å². The van der Waals surface area contributed by atoms with Gasteiger partial charge in [-0.05, 0) is 24.6 Å². The third-order valence-electron chi connectivity index (χ3n) is 2.35. The summed E-state index contributed by atoms with van der Waals surface area (Å²) in [5.74, 6) is -1.60. The Hall–Kier alpha value is -1.26. The predicted octanol–water partition coefficient (Wildman–Crippen LogP) is 2.98. The summed E-state index contributed by atoms with van der Waals surface area (Å²) in [6.45, 7) is 1.84. The molecule has 0 unspecified atom stereocenters. The molecule has 1 amide bonds. The standard InChI is InChI=1S/C12H13Cl2NO3/c1-2-3-10(12(17)18)15-11(16)8-6-7(13)4-5-9(8)14/h4-6,10H,2-3H2,1H3,(H,15,16)(H,17,18)/t10-/m1/s1. The third-order valence-corrected chi connectivity index (χ3v) is 2.92. The number of aliphatic carboxylic acids is 1. The van der Waals surface area contributed by atoms with Crippen molar-refractivity contribution in [2.45, 2.75) is 25.8 Å². The van der Waals surface area contributed by atoms with Crippen molar-refractivity contribution in [3.63, 3.8) is 0 Å². The van der Waals surface area contributed by atoms with Gasteiger partial charge in [0.05, 0.1) is 10.6 Å². The summed E-state index contributed by atoms with van der Waals surface area (Å²) in [7, 11) is 0. The second-order valence-corrected chi connectivity index (χ2v) is 4.62. The molecule has 1 rings (SSSR count). The van der Waals surface area contributed by atoms with E-state index in [0.717, 1.165) is 0 Å². The lowest BCUT2D eigenvalue weighted by molar-refractivity contribution is -0.139. The average molecular weight is 290 g/mol. The van der Waals surface area contributed by atoms with Crippen LogP contribution in [0.1, 0.15) is 30.1 Å². The first kappa shape index (κ1) is 14.8. The fourth-order valence-electron chi connectivity index (χ4n) is 1.45. The van der Waals surface area contributed by atoms with Crippen molar-refractivity contribution < 1.29 is 14.7 Å². The van der Waals surface area contributed by atoms with Crippen LogP contribution >= 0.6 is 23.2 Å². The van der Waals surface area contributed by atoms with Crippen LogP contribution in [0.4, 0.5) is 0 Å². The van der Waals surface area contributed by atoms with Crippen molar-refractivity contribution >= 4 is 35.1 Å². The Labute approximate surface area is 115 Å². The molecule has 0 aliphatic heterocycles. The molecule has 0 heterocycles. The second-order valence-electron chi connectivity index (χ2n) is 3.78. The number of halogens is 2. The van der Waals surface area contributed by atoms with Gasteiger partial charge in [0.2, 0.25) is 0 Å². The molecule has 0 bridgehead atoms. The molecule has 2 N–H and O–H groups in total. The first-order valence-electron chi connectivity index (χ1n) is 5.44. The number of hydrogen-bond acceptors (Lipinski definition) is 2. The number of carbonyl (C=O) groups excluding carboxylic acids is 1. The molecule has 4 nitrogen and oxygen atoms in total. The first-order chi connectivity index (χ1) is 8.45. The Morgan fingerprint density at radius 3 is 2.61 bits per heavy atom. The largest absolute Gasteiger partial charge is 0.480 e. The zero-order valence-corrected chi connectivity index (χ0v) is 11.3. The van der Waals surface area contributed by atoms with Crippen LogP contribution in [-0.4, -0.2) is 23.0 Å². The maximum atomic E-state index is 11.9. The molecule has 98 valence electrons. The molecular weight excluding hydrogens is 277 g/mol. The van der Waals surface area contributed by atoms with Crippen molar-refractivity contribution in [2.75, 3.05) is 0 Å². The topological polar surface area (TPSA) is 66.4 Å². The maximum Gasteiger partial charge on any atom is 0.326 e. The molecule has 0 aliphatic carbocycles. The molecule has 6 heteroatoms. The van der Waals surface area contributed by atoms with Gasteiger partial charge in [0.15, 0.2) is 0 Å². The van der Waals surface area contributed by atoms with E-state index in [-0.39, 0.29) is 10.6 Å². The van der Waals surface area contributed by atoms with Crippen molar-refractivity contribution in [1.29, 1.82) is 0 Å². The molecule has 1 atom stereocenters. The minimum absolute atomic E-state index is 0.173. The molecule has 0 spiro atoms. The fourth-order valence-corrected chi connectivity index (χ4v) is 1.83. The average Bonchev–Trinajstić information content (AvgIpc) is 2.31. The summed E-state index contributed by atoms with van der Waals surface area (Å²) in [5, 5.41) is 12.0. The lowest BCUT2D eigenvalue weighted by Crippen LogP contribution is -2.40. The maximum absolute atomic E-state index is 11.9. The van der Waals surface area contributed by atoms with Crippen LogP contribution in [0.5, 0.6) is 0 Å². The van der Waals surface area contributed by atoms with E-state index in [1.54, 1.807) is 6.07 Å². The van der Waals surface area contributed by atoms with Gasteiger partial charge in [-0.25, -0.2) is 4.79 Å².